The average Bonchev–Trinajstić information content (AvgIpc) is 2.85. The average molecular weight is 439 g/mol. The number of carbonyl (C=O) groups is 2. The van der Waals surface area contributed by atoms with E-state index in [2.05, 4.69) is 20.4 Å². The van der Waals surface area contributed by atoms with Gasteiger partial charge in [0.15, 0.2) is 0 Å². The number of nitrogens with zero attached hydrogens (tertiary/aromatic N) is 2. The summed E-state index contributed by atoms with van der Waals surface area (Å²) in [6, 6.07) is 15.5. The van der Waals surface area contributed by atoms with Crippen LogP contribution < -0.4 is 20.4 Å². The summed E-state index contributed by atoms with van der Waals surface area (Å²) in [4.78, 5) is 29.0. The van der Waals surface area contributed by atoms with Gasteiger partial charge in [0.1, 0.15) is 0 Å². The van der Waals surface area contributed by atoms with Gasteiger partial charge < -0.3 is 29.9 Å². The Morgan fingerprint density at radius 2 is 0.969 bits per heavy atom. The molecule has 2 aromatic carbocycles. The molecule has 0 aliphatic carbocycles. The third-order valence-corrected chi connectivity index (χ3v) is 5.63. The van der Waals surface area contributed by atoms with Gasteiger partial charge in [-0.25, -0.2) is 0 Å². The Morgan fingerprint density at radius 3 is 1.31 bits per heavy atom. The van der Waals surface area contributed by atoms with Crippen molar-refractivity contribution in [3.63, 3.8) is 0 Å². The molecule has 2 amide bonds. The SMILES string of the molecule is O=C(CCC(=O)Nc1ccc(N2CCOCC2)cc1)Nc1ccc(N2CCOCC2)cc1. The molecule has 2 aromatic rings. The van der Waals surface area contributed by atoms with Crippen molar-refractivity contribution < 1.29 is 19.1 Å². The first-order valence-electron chi connectivity index (χ1n) is 11.1. The minimum Gasteiger partial charge on any atom is -0.378 e. The van der Waals surface area contributed by atoms with Crippen LogP contribution in [-0.4, -0.2) is 64.4 Å². The Kier molecular flexibility index (Phi) is 7.58. The second kappa shape index (κ2) is 11.0. The number of carbonyl (C=O) groups excluding carboxylic acids is 2. The Bertz CT molecular complexity index is 814. The standard InChI is InChI=1S/C24H30N4O4/c29-23(25-19-1-5-21(6-2-19)27-11-15-31-16-12-27)9-10-24(30)26-20-3-7-22(8-4-20)28-13-17-32-18-14-28/h1-8H,9-18H2,(H,25,29)(H,26,30). The van der Waals surface area contributed by atoms with Crippen LogP contribution in [0, 0.1) is 0 Å². The predicted octanol–water partition coefficient (Wildman–Crippen LogP) is 2.72. The minimum atomic E-state index is -0.179. The van der Waals surface area contributed by atoms with Crippen LogP contribution >= 0.6 is 0 Å². The van der Waals surface area contributed by atoms with Crippen molar-refractivity contribution in [3.05, 3.63) is 48.5 Å². The zero-order valence-corrected chi connectivity index (χ0v) is 18.2. The topological polar surface area (TPSA) is 83.1 Å². The van der Waals surface area contributed by atoms with Crippen LogP contribution in [0.25, 0.3) is 0 Å². The molecule has 32 heavy (non-hydrogen) atoms. The van der Waals surface area contributed by atoms with E-state index in [0.717, 1.165) is 75.4 Å². The van der Waals surface area contributed by atoms with Crippen molar-refractivity contribution >= 4 is 34.6 Å². The third-order valence-electron chi connectivity index (χ3n) is 5.63. The van der Waals surface area contributed by atoms with Gasteiger partial charge in [0.2, 0.25) is 11.8 Å². The van der Waals surface area contributed by atoms with Crippen molar-refractivity contribution in [1.82, 2.24) is 0 Å². The highest BCUT2D eigenvalue weighted by atomic mass is 16.5. The summed E-state index contributed by atoms with van der Waals surface area (Å²) in [5.74, 6) is -0.358. The van der Waals surface area contributed by atoms with Gasteiger partial charge in [0.25, 0.3) is 0 Å². The normalized spacial score (nSPS) is 16.5. The fourth-order valence-corrected chi connectivity index (χ4v) is 3.83. The van der Waals surface area contributed by atoms with Gasteiger partial charge in [-0.05, 0) is 48.5 Å². The van der Waals surface area contributed by atoms with Crippen molar-refractivity contribution in [2.24, 2.45) is 0 Å². The van der Waals surface area contributed by atoms with Crippen LogP contribution in [-0.2, 0) is 19.1 Å². The highest BCUT2D eigenvalue weighted by Crippen LogP contribution is 2.20. The first kappa shape index (κ1) is 22.1. The van der Waals surface area contributed by atoms with Crippen LogP contribution in [0.15, 0.2) is 48.5 Å². The maximum atomic E-state index is 12.2. The van der Waals surface area contributed by atoms with Gasteiger partial charge in [0, 0.05) is 61.8 Å². The molecule has 0 radical (unpaired) electrons. The monoisotopic (exact) mass is 438 g/mol. The quantitative estimate of drug-likeness (QED) is 0.692. The van der Waals surface area contributed by atoms with Crippen molar-refractivity contribution in [2.45, 2.75) is 12.8 Å². The fraction of sp³-hybridized carbons (Fsp3) is 0.417. The summed E-state index contributed by atoms with van der Waals surface area (Å²) < 4.78 is 10.7. The van der Waals surface area contributed by atoms with E-state index >= 15 is 0 Å². The van der Waals surface area contributed by atoms with E-state index in [0.29, 0.717) is 0 Å². The van der Waals surface area contributed by atoms with Crippen molar-refractivity contribution in [2.75, 3.05) is 73.0 Å². The van der Waals surface area contributed by atoms with Crippen LogP contribution in [0.4, 0.5) is 22.7 Å². The molecular formula is C24H30N4O4. The molecule has 0 unspecified atom stereocenters. The van der Waals surface area contributed by atoms with E-state index in [4.69, 9.17) is 9.47 Å². The Morgan fingerprint density at radius 1 is 0.625 bits per heavy atom. The summed E-state index contributed by atoms with van der Waals surface area (Å²) >= 11 is 0. The molecule has 0 aromatic heterocycles. The largest absolute Gasteiger partial charge is 0.378 e. The molecular weight excluding hydrogens is 408 g/mol. The number of amides is 2. The molecule has 2 fully saturated rings. The molecule has 170 valence electrons. The molecule has 2 saturated heterocycles. The number of morpholine rings is 2. The molecule has 0 spiro atoms. The van der Waals surface area contributed by atoms with Crippen molar-refractivity contribution in [3.8, 4) is 0 Å². The molecule has 8 nitrogen and oxygen atoms in total. The minimum absolute atomic E-state index is 0.128. The number of rotatable bonds is 7. The number of nitrogens with one attached hydrogen (secondary N) is 2. The Labute approximate surface area is 188 Å². The lowest BCUT2D eigenvalue weighted by Crippen LogP contribution is -2.36. The summed E-state index contributed by atoms with van der Waals surface area (Å²) in [6.45, 7) is 6.43. The zero-order chi connectivity index (χ0) is 22.2. The highest BCUT2D eigenvalue weighted by Gasteiger charge is 2.13. The first-order valence-corrected chi connectivity index (χ1v) is 11.1. The molecule has 2 N–H and O–H groups in total. The molecule has 2 aliphatic rings. The van der Waals surface area contributed by atoms with Crippen LogP contribution in [0.2, 0.25) is 0 Å². The van der Waals surface area contributed by atoms with Gasteiger partial charge in [-0.1, -0.05) is 0 Å². The van der Waals surface area contributed by atoms with Gasteiger partial charge in [-0.15, -0.1) is 0 Å². The third kappa shape index (κ3) is 6.21. The number of hydrogen-bond donors (Lipinski definition) is 2. The molecule has 2 heterocycles. The molecule has 2 aliphatic heterocycles. The molecule has 8 heteroatoms. The lowest BCUT2D eigenvalue weighted by atomic mass is 10.2. The van der Waals surface area contributed by atoms with E-state index in [1.165, 1.54) is 0 Å². The summed E-state index contributed by atoms with van der Waals surface area (Å²) in [6.07, 6.45) is 0.256. The summed E-state index contributed by atoms with van der Waals surface area (Å²) in [7, 11) is 0. The van der Waals surface area contributed by atoms with Crippen LogP contribution in [0.5, 0.6) is 0 Å². The number of ether oxygens (including phenoxy) is 2. The number of hydrogen-bond acceptors (Lipinski definition) is 6. The van der Waals surface area contributed by atoms with E-state index < -0.39 is 0 Å². The number of benzene rings is 2. The smallest absolute Gasteiger partial charge is 0.224 e. The highest BCUT2D eigenvalue weighted by molar-refractivity contribution is 5.96. The zero-order valence-electron chi connectivity index (χ0n) is 18.2. The maximum Gasteiger partial charge on any atom is 0.224 e. The van der Waals surface area contributed by atoms with E-state index in [-0.39, 0.29) is 24.7 Å². The molecule has 0 saturated carbocycles. The maximum absolute atomic E-state index is 12.2. The summed E-state index contributed by atoms with van der Waals surface area (Å²) in [5, 5.41) is 5.71. The van der Waals surface area contributed by atoms with E-state index in [1.54, 1.807) is 0 Å². The fourth-order valence-electron chi connectivity index (χ4n) is 3.83. The lowest BCUT2D eigenvalue weighted by Gasteiger charge is -2.28. The lowest BCUT2D eigenvalue weighted by molar-refractivity contribution is -0.121. The number of anilines is 4. The van der Waals surface area contributed by atoms with Gasteiger partial charge in [-0.2, -0.15) is 0 Å². The van der Waals surface area contributed by atoms with Gasteiger partial charge >= 0.3 is 0 Å². The molecule has 4 rings (SSSR count). The van der Waals surface area contributed by atoms with Crippen molar-refractivity contribution in [1.29, 1.82) is 0 Å². The van der Waals surface area contributed by atoms with Crippen LogP contribution in [0.3, 0.4) is 0 Å². The predicted molar refractivity (Wildman–Crippen MR) is 125 cm³/mol. The van der Waals surface area contributed by atoms with Crippen LogP contribution in [0.1, 0.15) is 12.8 Å². The Balaban J connectivity index is 1.19. The van der Waals surface area contributed by atoms with E-state index in [9.17, 15) is 9.59 Å². The Hall–Kier alpha value is -3.10. The van der Waals surface area contributed by atoms with Gasteiger partial charge in [-0.3, -0.25) is 9.59 Å². The molecule has 0 atom stereocenters. The first-order chi connectivity index (χ1) is 15.7. The second-order valence-electron chi connectivity index (χ2n) is 7.89. The van der Waals surface area contributed by atoms with Gasteiger partial charge in [0.05, 0.1) is 26.4 Å². The summed E-state index contributed by atoms with van der Waals surface area (Å²) in [5.41, 5.74) is 3.69. The second-order valence-corrected chi connectivity index (χ2v) is 7.89. The molecule has 0 bridgehead atoms. The van der Waals surface area contributed by atoms with E-state index in [1.807, 2.05) is 48.5 Å².